The SMILES string of the molecule is Cc1cc(COc2ccccc2)oc1C(=O)N1C[C@@H]2COC[C@H](C1)N(C)C2. The van der Waals surface area contributed by atoms with Gasteiger partial charge < -0.3 is 18.8 Å². The molecule has 0 saturated carbocycles. The summed E-state index contributed by atoms with van der Waals surface area (Å²) >= 11 is 0. The molecule has 2 atom stereocenters. The zero-order chi connectivity index (χ0) is 18.8. The average molecular weight is 370 g/mol. The molecule has 4 rings (SSSR count). The lowest BCUT2D eigenvalue weighted by Gasteiger charge is -2.29. The minimum atomic E-state index is -0.0364. The molecule has 144 valence electrons. The van der Waals surface area contributed by atoms with Crippen LogP contribution in [0.3, 0.4) is 0 Å². The summed E-state index contributed by atoms with van der Waals surface area (Å²) < 4.78 is 17.4. The molecule has 2 aromatic rings. The number of furan rings is 1. The quantitative estimate of drug-likeness (QED) is 0.828. The van der Waals surface area contributed by atoms with Crippen molar-refractivity contribution < 1.29 is 18.7 Å². The van der Waals surface area contributed by atoms with Gasteiger partial charge in [0.1, 0.15) is 18.1 Å². The van der Waals surface area contributed by atoms with Crippen LogP contribution in [-0.2, 0) is 11.3 Å². The van der Waals surface area contributed by atoms with Crippen molar-refractivity contribution in [2.45, 2.75) is 19.6 Å². The Bertz CT molecular complexity index is 789. The Morgan fingerprint density at radius 2 is 2.00 bits per heavy atom. The second-order valence-electron chi connectivity index (χ2n) is 7.53. The van der Waals surface area contributed by atoms with Gasteiger partial charge in [-0.05, 0) is 32.2 Å². The molecule has 0 N–H and O–H groups in total. The summed E-state index contributed by atoms with van der Waals surface area (Å²) in [5.74, 6) is 2.16. The van der Waals surface area contributed by atoms with E-state index in [4.69, 9.17) is 13.9 Å². The zero-order valence-corrected chi connectivity index (χ0v) is 15.9. The van der Waals surface area contributed by atoms with Gasteiger partial charge in [-0.15, -0.1) is 0 Å². The predicted octanol–water partition coefficient (Wildman–Crippen LogP) is 2.57. The Morgan fingerprint density at radius 3 is 2.81 bits per heavy atom. The molecule has 0 unspecified atom stereocenters. The molecule has 2 aliphatic rings. The number of benzene rings is 1. The summed E-state index contributed by atoms with van der Waals surface area (Å²) in [5.41, 5.74) is 0.852. The van der Waals surface area contributed by atoms with Crippen LogP contribution in [0.5, 0.6) is 5.75 Å². The molecule has 2 aliphatic heterocycles. The summed E-state index contributed by atoms with van der Waals surface area (Å²) in [6.07, 6.45) is 0. The number of nitrogens with zero attached hydrogens (tertiary/aromatic N) is 2. The van der Waals surface area contributed by atoms with Gasteiger partial charge in [0.2, 0.25) is 0 Å². The van der Waals surface area contributed by atoms with E-state index in [1.807, 2.05) is 48.2 Å². The van der Waals surface area contributed by atoms with Crippen molar-refractivity contribution in [3.8, 4) is 5.75 Å². The zero-order valence-electron chi connectivity index (χ0n) is 15.9. The Morgan fingerprint density at radius 1 is 1.19 bits per heavy atom. The Labute approximate surface area is 159 Å². The molecular weight excluding hydrogens is 344 g/mol. The number of carbonyl (C=O) groups excluding carboxylic acids is 1. The molecule has 2 saturated heterocycles. The first-order valence-electron chi connectivity index (χ1n) is 9.44. The molecule has 2 bridgehead atoms. The van der Waals surface area contributed by atoms with Crippen LogP contribution >= 0.6 is 0 Å². The first-order valence-corrected chi connectivity index (χ1v) is 9.44. The van der Waals surface area contributed by atoms with Crippen LogP contribution in [0.4, 0.5) is 0 Å². The molecule has 27 heavy (non-hydrogen) atoms. The van der Waals surface area contributed by atoms with Crippen molar-refractivity contribution in [1.29, 1.82) is 0 Å². The highest BCUT2D eigenvalue weighted by Crippen LogP contribution is 2.23. The third-order valence-electron chi connectivity index (χ3n) is 5.32. The van der Waals surface area contributed by atoms with E-state index in [9.17, 15) is 4.79 Å². The topological polar surface area (TPSA) is 55.1 Å². The number of hydrogen-bond acceptors (Lipinski definition) is 5. The normalized spacial score (nSPS) is 23.1. The van der Waals surface area contributed by atoms with E-state index in [1.54, 1.807) is 0 Å². The molecule has 0 radical (unpaired) electrons. The highest BCUT2D eigenvalue weighted by atomic mass is 16.5. The minimum absolute atomic E-state index is 0.0364. The van der Waals surface area contributed by atoms with Gasteiger partial charge >= 0.3 is 0 Å². The molecular formula is C21H26N2O4. The lowest BCUT2D eigenvalue weighted by molar-refractivity contribution is 0.0412. The van der Waals surface area contributed by atoms with Gasteiger partial charge in [-0.3, -0.25) is 9.69 Å². The van der Waals surface area contributed by atoms with Gasteiger partial charge in [-0.2, -0.15) is 0 Å². The van der Waals surface area contributed by atoms with Gasteiger partial charge in [0.15, 0.2) is 5.76 Å². The van der Waals surface area contributed by atoms with Crippen LogP contribution < -0.4 is 4.74 Å². The van der Waals surface area contributed by atoms with Crippen molar-refractivity contribution in [2.24, 2.45) is 5.92 Å². The molecule has 3 heterocycles. The number of hydrogen-bond donors (Lipinski definition) is 0. The summed E-state index contributed by atoms with van der Waals surface area (Å²) in [5, 5.41) is 0. The van der Waals surface area contributed by atoms with E-state index in [2.05, 4.69) is 11.9 Å². The van der Waals surface area contributed by atoms with E-state index in [-0.39, 0.29) is 11.9 Å². The fourth-order valence-electron chi connectivity index (χ4n) is 3.86. The second kappa shape index (κ2) is 7.74. The number of carbonyl (C=O) groups is 1. The first-order chi connectivity index (χ1) is 13.1. The van der Waals surface area contributed by atoms with Crippen LogP contribution in [0.1, 0.15) is 21.9 Å². The standard InChI is InChI=1S/C21H26N2O4/c1-15-8-19(14-26-18-6-4-3-5-7-18)27-20(15)21(24)23-10-16-9-22(2)17(11-23)13-25-12-16/h3-8,16-17H,9-14H2,1-2H3/t16-,17+/m1/s1. The molecule has 2 fully saturated rings. The maximum absolute atomic E-state index is 13.1. The van der Waals surface area contributed by atoms with E-state index in [0.717, 1.165) is 17.9 Å². The Kier molecular flexibility index (Phi) is 5.18. The van der Waals surface area contributed by atoms with Gasteiger partial charge in [-0.1, -0.05) is 18.2 Å². The van der Waals surface area contributed by atoms with Gasteiger partial charge in [0, 0.05) is 31.1 Å². The van der Waals surface area contributed by atoms with Crippen LogP contribution in [0.2, 0.25) is 0 Å². The smallest absolute Gasteiger partial charge is 0.289 e. The lowest BCUT2D eigenvalue weighted by atomic mass is 10.1. The number of amides is 1. The molecule has 6 nitrogen and oxygen atoms in total. The summed E-state index contributed by atoms with van der Waals surface area (Å²) in [6.45, 7) is 5.93. The van der Waals surface area contributed by atoms with Crippen molar-refractivity contribution in [3.05, 3.63) is 53.5 Å². The molecule has 0 aliphatic carbocycles. The summed E-state index contributed by atoms with van der Waals surface area (Å²) in [7, 11) is 2.11. The highest BCUT2D eigenvalue weighted by Gasteiger charge is 2.35. The van der Waals surface area contributed by atoms with Crippen molar-refractivity contribution in [2.75, 3.05) is 39.9 Å². The van der Waals surface area contributed by atoms with Gasteiger partial charge in [0.05, 0.1) is 19.3 Å². The summed E-state index contributed by atoms with van der Waals surface area (Å²) in [6, 6.07) is 11.7. The van der Waals surface area contributed by atoms with Crippen LogP contribution in [0.25, 0.3) is 0 Å². The third-order valence-corrected chi connectivity index (χ3v) is 5.32. The Hall–Kier alpha value is -2.31. The largest absolute Gasteiger partial charge is 0.486 e. The lowest BCUT2D eigenvalue weighted by Crippen LogP contribution is -2.44. The van der Waals surface area contributed by atoms with Crippen LogP contribution in [0, 0.1) is 12.8 Å². The van der Waals surface area contributed by atoms with Crippen molar-refractivity contribution >= 4 is 5.91 Å². The second-order valence-corrected chi connectivity index (χ2v) is 7.53. The van der Waals surface area contributed by atoms with Crippen molar-refractivity contribution in [1.82, 2.24) is 9.80 Å². The monoisotopic (exact) mass is 370 g/mol. The highest BCUT2D eigenvalue weighted by molar-refractivity contribution is 5.93. The van der Waals surface area contributed by atoms with E-state index in [0.29, 0.717) is 50.3 Å². The maximum Gasteiger partial charge on any atom is 0.289 e. The molecule has 1 aromatic heterocycles. The number of likely N-dealkylation sites (N-methyl/N-ethyl adjacent to an activating group) is 1. The maximum atomic E-state index is 13.1. The number of rotatable bonds is 4. The fourth-order valence-corrected chi connectivity index (χ4v) is 3.86. The molecule has 1 amide bonds. The van der Waals surface area contributed by atoms with Crippen LogP contribution in [0.15, 0.2) is 40.8 Å². The average Bonchev–Trinajstić information content (AvgIpc) is 2.83. The van der Waals surface area contributed by atoms with E-state index >= 15 is 0 Å². The van der Waals surface area contributed by atoms with Gasteiger partial charge in [-0.25, -0.2) is 0 Å². The summed E-state index contributed by atoms with van der Waals surface area (Å²) in [4.78, 5) is 17.4. The predicted molar refractivity (Wildman–Crippen MR) is 101 cm³/mol. The third kappa shape index (κ3) is 4.01. The minimum Gasteiger partial charge on any atom is -0.486 e. The Balaban J connectivity index is 1.46. The number of para-hydroxylation sites is 1. The molecule has 0 spiro atoms. The number of fused-ring (bicyclic) bond motifs is 3. The molecule has 6 heteroatoms. The first kappa shape index (κ1) is 18.1. The number of ether oxygens (including phenoxy) is 2. The number of aryl methyl sites for hydroxylation is 1. The molecule has 1 aromatic carbocycles. The van der Waals surface area contributed by atoms with Gasteiger partial charge in [0.25, 0.3) is 5.91 Å². The fraction of sp³-hybridized carbons (Fsp3) is 0.476. The van der Waals surface area contributed by atoms with Crippen LogP contribution in [-0.4, -0.2) is 61.6 Å². The van der Waals surface area contributed by atoms with E-state index < -0.39 is 0 Å². The van der Waals surface area contributed by atoms with Crippen molar-refractivity contribution in [3.63, 3.8) is 0 Å². The van der Waals surface area contributed by atoms with E-state index in [1.165, 1.54) is 0 Å².